The van der Waals surface area contributed by atoms with Gasteiger partial charge >= 0.3 is 4.87 Å². The summed E-state index contributed by atoms with van der Waals surface area (Å²) < 4.78 is 27.0. The average Bonchev–Trinajstić information content (AvgIpc) is 2.66. The van der Waals surface area contributed by atoms with Crippen LogP contribution in [0.25, 0.3) is 0 Å². The molecule has 7 nitrogen and oxygen atoms in total. The lowest BCUT2D eigenvalue weighted by Gasteiger charge is -2.22. The number of thiazole rings is 1. The largest absolute Gasteiger partial charge is 0.347 e. The molecular weight excluding hydrogens is 314 g/mol. The Labute approximate surface area is 128 Å². The molecule has 0 radical (unpaired) electrons. The van der Waals surface area contributed by atoms with Crippen molar-refractivity contribution in [1.29, 1.82) is 0 Å². The van der Waals surface area contributed by atoms with Crippen LogP contribution in [-0.4, -0.2) is 44.3 Å². The molecule has 1 unspecified atom stereocenters. The van der Waals surface area contributed by atoms with Gasteiger partial charge in [-0.2, -0.15) is 4.72 Å². The summed E-state index contributed by atoms with van der Waals surface area (Å²) in [7, 11) is -0.757. The first kappa shape index (κ1) is 17.9. The van der Waals surface area contributed by atoms with Gasteiger partial charge in [0.1, 0.15) is 6.04 Å². The van der Waals surface area contributed by atoms with Crippen molar-refractivity contribution < 1.29 is 13.2 Å². The number of H-pyrrole nitrogens is 1. The minimum Gasteiger partial charge on any atom is -0.347 e. The van der Waals surface area contributed by atoms with E-state index in [1.165, 1.54) is 11.8 Å². The summed E-state index contributed by atoms with van der Waals surface area (Å²) in [5.41, 5.74) is 0.276. The molecule has 21 heavy (non-hydrogen) atoms. The minimum atomic E-state index is -3.90. The van der Waals surface area contributed by atoms with Crippen molar-refractivity contribution in [2.45, 2.75) is 37.4 Å². The molecule has 120 valence electrons. The number of carbonyl (C=O) groups is 1. The van der Waals surface area contributed by atoms with E-state index in [0.29, 0.717) is 17.8 Å². The predicted octanol–water partition coefficient (Wildman–Crippen LogP) is 0.526. The summed E-state index contributed by atoms with van der Waals surface area (Å²) in [6.07, 6.45) is 0.384. The maximum atomic E-state index is 12.4. The zero-order valence-electron chi connectivity index (χ0n) is 12.8. The molecule has 0 spiro atoms. The number of rotatable bonds is 6. The third-order valence-corrected chi connectivity index (χ3v) is 5.85. The van der Waals surface area contributed by atoms with Gasteiger partial charge in [0.15, 0.2) is 4.21 Å². The van der Waals surface area contributed by atoms with Gasteiger partial charge in [0.2, 0.25) is 5.91 Å². The molecule has 0 fully saturated rings. The number of aromatic nitrogens is 1. The number of likely N-dealkylation sites (N-methyl/N-ethyl adjacent to an activating group) is 1. The maximum absolute atomic E-state index is 12.4. The highest BCUT2D eigenvalue weighted by molar-refractivity contribution is 7.91. The van der Waals surface area contributed by atoms with Crippen molar-refractivity contribution in [3.63, 3.8) is 0 Å². The summed E-state index contributed by atoms with van der Waals surface area (Å²) in [6.45, 7) is 5.33. The number of nitrogens with one attached hydrogen (secondary N) is 2. The topological polar surface area (TPSA) is 99.3 Å². The van der Waals surface area contributed by atoms with E-state index in [2.05, 4.69) is 9.71 Å². The van der Waals surface area contributed by atoms with Crippen LogP contribution >= 0.6 is 11.3 Å². The molecule has 9 heteroatoms. The van der Waals surface area contributed by atoms with Gasteiger partial charge in [-0.05, 0) is 19.3 Å². The van der Waals surface area contributed by atoms with Crippen molar-refractivity contribution >= 4 is 27.3 Å². The molecule has 0 saturated heterocycles. The van der Waals surface area contributed by atoms with Crippen LogP contribution in [0, 0.1) is 12.8 Å². The summed E-state index contributed by atoms with van der Waals surface area (Å²) in [6, 6.07) is -0.846. The molecule has 0 aliphatic carbocycles. The van der Waals surface area contributed by atoms with Gasteiger partial charge in [0.25, 0.3) is 10.0 Å². The third-order valence-electron chi connectivity index (χ3n) is 2.77. The van der Waals surface area contributed by atoms with Crippen molar-refractivity contribution in [3.8, 4) is 0 Å². The number of aryl methyl sites for hydroxylation is 1. The maximum Gasteiger partial charge on any atom is 0.305 e. The van der Waals surface area contributed by atoms with Crippen LogP contribution in [-0.2, 0) is 14.8 Å². The number of aromatic amines is 1. The van der Waals surface area contributed by atoms with Gasteiger partial charge in [-0.15, -0.1) is 0 Å². The van der Waals surface area contributed by atoms with Crippen molar-refractivity contribution in [2.75, 3.05) is 14.1 Å². The monoisotopic (exact) mass is 335 g/mol. The fourth-order valence-corrected chi connectivity index (χ4v) is 4.39. The predicted molar refractivity (Wildman–Crippen MR) is 81.9 cm³/mol. The second kappa shape index (κ2) is 6.71. The molecule has 0 bridgehead atoms. The molecule has 1 aromatic rings. The Kier molecular flexibility index (Phi) is 5.71. The molecule has 0 aromatic carbocycles. The van der Waals surface area contributed by atoms with Crippen LogP contribution in [0.3, 0.4) is 0 Å². The molecule has 0 aliphatic rings. The zero-order chi connectivity index (χ0) is 16.4. The van der Waals surface area contributed by atoms with E-state index in [1.807, 2.05) is 13.8 Å². The van der Waals surface area contributed by atoms with Crippen LogP contribution in [0.4, 0.5) is 0 Å². The van der Waals surface area contributed by atoms with Gasteiger partial charge in [-0.1, -0.05) is 25.2 Å². The Balaban J connectivity index is 3.09. The van der Waals surface area contributed by atoms with Crippen LogP contribution in [0.2, 0.25) is 0 Å². The second-order valence-electron chi connectivity index (χ2n) is 5.46. The molecule has 2 N–H and O–H groups in total. The lowest BCUT2D eigenvalue weighted by atomic mass is 10.0. The first-order chi connectivity index (χ1) is 9.54. The lowest BCUT2D eigenvalue weighted by molar-refractivity contribution is -0.130. The van der Waals surface area contributed by atoms with Crippen LogP contribution in [0.15, 0.2) is 9.00 Å². The zero-order valence-corrected chi connectivity index (χ0v) is 14.4. The Hall–Kier alpha value is -1.19. The number of hydrogen-bond acceptors (Lipinski definition) is 5. The number of carbonyl (C=O) groups excluding carboxylic acids is 1. The molecule has 1 atom stereocenters. The van der Waals surface area contributed by atoms with Crippen LogP contribution in [0.5, 0.6) is 0 Å². The molecule has 1 heterocycles. The van der Waals surface area contributed by atoms with Gasteiger partial charge in [-0.25, -0.2) is 8.42 Å². The highest BCUT2D eigenvalue weighted by atomic mass is 32.2. The van der Waals surface area contributed by atoms with E-state index in [-0.39, 0.29) is 21.7 Å². The second-order valence-corrected chi connectivity index (χ2v) is 8.36. The SMILES string of the molecule is Cc1[nH]c(=O)sc1S(=O)(=O)NC(CC(C)C)C(=O)N(C)C. The molecular formula is C12H21N3O4S2. The lowest BCUT2D eigenvalue weighted by Crippen LogP contribution is -2.46. The first-order valence-electron chi connectivity index (χ1n) is 6.47. The van der Waals surface area contributed by atoms with Crippen molar-refractivity contribution in [1.82, 2.24) is 14.6 Å². The number of hydrogen-bond donors (Lipinski definition) is 2. The van der Waals surface area contributed by atoms with Crippen LogP contribution < -0.4 is 9.60 Å². The molecule has 0 saturated carbocycles. The number of amides is 1. The smallest absolute Gasteiger partial charge is 0.305 e. The highest BCUT2D eigenvalue weighted by Gasteiger charge is 2.29. The Morgan fingerprint density at radius 2 is 1.95 bits per heavy atom. The summed E-state index contributed by atoms with van der Waals surface area (Å²) >= 11 is 0.616. The van der Waals surface area contributed by atoms with E-state index >= 15 is 0 Å². The normalized spacial score (nSPS) is 13.4. The number of nitrogens with zero attached hydrogens (tertiary/aromatic N) is 1. The van der Waals surface area contributed by atoms with Crippen molar-refractivity contribution in [2.24, 2.45) is 5.92 Å². The Morgan fingerprint density at radius 1 is 1.38 bits per heavy atom. The molecule has 1 rings (SSSR count). The summed E-state index contributed by atoms with van der Waals surface area (Å²) in [5, 5.41) is 0. The molecule has 1 amide bonds. The van der Waals surface area contributed by atoms with Crippen LogP contribution in [0.1, 0.15) is 26.0 Å². The van der Waals surface area contributed by atoms with E-state index in [4.69, 9.17) is 0 Å². The first-order valence-corrected chi connectivity index (χ1v) is 8.77. The minimum absolute atomic E-state index is 0.0761. The fraction of sp³-hybridized carbons (Fsp3) is 0.667. The standard InChI is InChI=1S/C12H21N3O4S2/c1-7(2)6-9(10(16)15(4)5)14-21(18,19)11-8(3)13-12(17)20-11/h7,9,14H,6H2,1-5H3,(H,13,17). The van der Waals surface area contributed by atoms with Gasteiger partial charge < -0.3 is 9.88 Å². The van der Waals surface area contributed by atoms with E-state index in [1.54, 1.807) is 14.1 Å². The summed E-state index contributed by atoms with van der Waals surface area (Å²) in [4.78, 5) is 26.7. The quantitative estimate of drug-likeness (QED) is 0.792. The molecule has 0 aliphatic heterocycles. The fourth-order valence-electron chi connectivity index (χ4n) is 1.87. The number of sulfonamides is 1. The Bertz CT molecular complexity index is 658. The van der Waals surface area contributed by atoms with E-state index in [9.17, 15) is 18.0 Å². The molecule has 1 aromatic heterocycles. The van der Waals surface area contributed by atoms with E-state index in [0.717, 1.165) is 0 Å². The van der Waals surface area contributed by atoms with Gasteiger partial charge in [0.05, 0.1) is 0 Å². The van der Waals surface area contributed by atoms with E-state index < -0.39 is 20.9 Å². The van der Waals surface area contributed by atoms with Gasteiger partial charge in [-0.3, -0.25) is 9.59 Å². The highest BCUT2D eigenvalue weighted by Crippen LogP contribution is 2.18. The average molecular weight is 335 g/mol. The summed E-state index contributed by atoms with van der Waals surface area (Å²) in [5.74, 6) is -0.166. The Morgan fingerprint density at radius 3 is 2.33 bits per heavy atom. The third kappa shape index (κ3) is 4.65. The van der Waals surface area contributed by atoms with Gasteiger partial charge in [0, 0.05) is 19.8 Å². The van der Waals surface area contributed by atoms with Crippen molar-refractivity contribution in [3.05, 3.63) is 15.4 Å².